The van der Waals surface area contributed by atoms with E-state index in [1.807, 2.05) is 0 Å². The van der Waals surface area contributed by atoms with Crippen LogP contribution in [0.2, 0.25) is 0 Å². The first-order valence-electron chi connectivity index (χ1n) is 3.06. The summed E-state index contributed by atoms with van der Waals surface area (Å²) in [7, 11) is 0. The molecule has 1 unspecified atom stereocenters. The predicted octanol–water partition coefficient (Wildman–Crippen LogP) is -0.762. The molecule has 0 aromatic rings. The van der Waals surface area contributed by atoms with Gasteiger partial charge in [0.2, 0.25) is 5.84 Å². The van der Waals surface area contributed by atoms with Crippen molar-refractivity contribution < 1.29 is 10.4 Å². The Morgan fingerprint density at radius 3 is 3.08 bits per heavy atom. The molecule has 0 aromatic carbocycles. The Kier molecular flexibility index (Phi) is 2.81. The molecule has 3 N–H and O–H groups in total. The average molecular weight is 166 g/mol. The molecule has 6 heteroatoms. The summed E-state index contributed by atoms with van der Waals surface area (Å²) < 4.78 is 0. The molecule has 0 spiro atoms. The monoisotopic (exact) mass is 166 g/mol. The smallest absolute Gasteiger partial charge is 0.202 e. The zero-order valence-corrected chi connectivity index (χ0v) is 5.97. The van der Waals surface area contributed by atoms with Crippen molar-refractivity contribution in [3.8, 4) is 12.0 Å². The van der Waals surface area contributed by atoms with E-state index in [0.29, 0.717) is 0 Å². The molecule has 6 nitrogen and oxygen atoms in total. The zero-order chi connectivity index (χ0) is 8.81. The molecular weight excluding hydrogens is 160 g/mol. The van der Waals surface area contributed by atoms with Crippen LogP contribution in [-0.4, -0.2) is 34.7 Å². The molecule has 0 fully saturated rings. The Balaban J connectivity index is 2.80. The van der Waals surface area contributed by atoms with Gasteiger partial charge in [-0.2, -0.15) is 0 Å². The van der Waals surface area contributed by atoms with Gasteiger partial charge in [-0.25, -0.2) is 4.99 Å². The lowest BCUT2D eigenvalue weighted by atomic mass is 10.3. The summed E-state index contributed by atoms with van der Waals surface area (Å²) in [6, 6.07) is 1.69. The normalized spacial score (nSPS) is 21.1. The maximum absolute atomic E-state index is 8.45. The summed E-state index contributed by atoms with van der Waals surface area (Å²) in [5, 5.41) is 19.6. The van der Waals surface area contributed by atoms with E-state index in [4.69, 9.17) is 10.4 Å². The quantitative estimate of drug-likeness (QED) is 0.157. The fourth-order valence-corrected chi connectivity index (χ4v) is 0.608. The number of nitrogens with one attached hydrogen (secondary N) is 1. The van der Waals surface area contributed by atoms with E-state index in [1.54, 1.807) is 5.48 Å². The zero-order valence-electron chi connectivity index (χ0n) is 5.97. The Bertz CT molecular complexity index is 296. The van der Waals surface area contributed by atoms with Crippen molar-refractivity contribution in [3.63, 3.8) is 0 Å². The first-order valence-corrected chi connectivity index (χ1v) is 3.06. The lowest BCUT2D eigenvalue weighted by molar-refractivity contribution is 0.219. The standard InChI is InChI=1S/C6H6N4O2/c11-9-6(10-12)5-1-2-7-3-4-8-5/h3-5,11-12H,(H,9,10). The van der Waals surface area contributed by atoms with Crippen molar-refractivity contribution in [2.45, 2.75) is 6.04 Å². The van der Waals surface area contributed by atoms with Gasteiger partial charge in [-0.1, -0.05) is 5.16 Å². The third kappa shape index (κ3) is 1.81. The summed E-state index contributed by atoms with van der Waals surface area (Å²) >= 11 is 0. The van der Waals surface area contributed by atoms with Crippen LogP contribution in [0, 0.1) is 12.0 Å². The van der Waals surface area contributed by atoms with Crippen molar-refractivity contribution in [2.24, 2.45) is 15.1 Å². The van der Waals surface area contributed by atoms with Crippen LogP contribution in [0.15, 0.2) is 15.1 Å². The van der Waals surface area contributed by atoms with Gasteiger partial charge >= 0.3 is 0 Å². The number of hydrogen-bond acceptors (Lipinski definition) is 5. The van der Waals surface area contributed by atoms with Gasteiger partial charge in [-0.3, -0.25) is 15.7 Å². The first-order chi connectivity index (χ1) is 5.88. The molecule has 1 aliphatic heterocycles. The molecule has 1 heterocycles. The second kappa shape index (κ2) is 4.10. The molecule has 0 bridgehead atoms. The van der Waals surface area contributed by atoms with Crippen LogP contribution < -0.4 is 5.48 Å². The van der Waals surface area contributed by atoms with Gasteiger partial charge in [0.1, 0.15) is 0 Å². The van der Waals surface area contributed by atoms with Crippen LogP contribution in [0.1, 0.15) is 0 Å². The lowest BCUT2D eigenvalue weighted by Crippen LogP contribution is -2.30. The second-order valence-electron chi connectivity index (χ2n) is 1.83. The van der Waals surface area contributed by atoms with Gasteiger partial charge < -0.3 is 5.21 Å². The van der Waals surface area contributed by atoms with Crippen molar-refractivity contribution in [1.82, 2.24) is 5.48 Å². The number of oxime groups is 1. The van der Waals surface area contributed by atoms with Crippen LogP contribution in [-0.2, 0) is 0 Å². The average Bonchev–Trinajstić information content (AvgIpc) is 2.35. The topological polar surface area (TPSA) is 89.6 Å². The summed E-state index contributed by atoms with van der Waals surface area (Å²) in [6.07, 6.45) is 2.79. The molecule has 1 rings (SSSR count). The van der Waals surface area contributed by atoms with Crippen molar-refractivity contribution in [1.29, 1.82) is 0 Å². The molecule has 1 atom stereocenters. The van der Waals surface area contributed by atoms with Crippen LogP contribution in [0.4, 0.5) is 0 Å². The Morgan fingerprint density at radius 1 is 1.58 bits per heavy atom. The summed E-state index contributed by atoms with van der Waals surface area (Å²) in [5.74, 6) is 2.39. The molecule has 12 heavy (non-hydrogen) atoms. The highest BCUT2D eigenvalue weighted by Crippen LogP contribution is 1.91. The molecule has 0 saturated carbocycles. The van der Waals surface area contributed by atoms with Gasteiger partial charge in [-0.15, -0.1) is 0 Å². The fourth-order valence-electron chi connectivity index (χ4n) is 0.608. The number of aliphatic imine (C=N–C) groups is 2. The highest BCUT2D eigenvalue weighted by Gasteiger charge is 2.11. The molecular formula is C6H6N4O2. The minimum atomic E-state index is -0.706. The molecule has 0 radical (unpaired) electrons. The number of hydroxylamine groups is 1. The molecule has 0 aliphatic carbocycles. The number of rotatable bonds is 1. The van der Waals surface area contributed by atoms with Crippen LogP contribution in [0.25, 0.3) is 0 Å². The largest absolute Gasteiger partial charge is 0.409 e. The van der Waals surface area contributed by atoms with Gasteiger partial charge in [0.25, 0.3) is 0 Å². The van der Waals surface area contributed by atoms with E-state index < -0.39 is 6.04 Å². The highest BCUT2D eigenvalue weighted by atomic mass is 16.5. The van der Waals surface area contributed by atoms with Crippen LogP contribution in [0.3, 0.4) is 0 Å². The number of nitrogens with zero attached hydrogens (tertiary/aromatic N) is 3. The van der Waals surface area contributed by atoms with E-state index in [9.17, 15) is 0 Å². The molecule has 0 aromatic heterocycles. The van der Waals surface area contributed by atoms with Gasteiger partial charge in [0, 0.05) is 12.3 Å². The Morgan fingerprint density at radius 2 is 2.42 bits per heavy atom. The van der Waals surface area contributed by atoms with Crippen molar-refractivity contribution in [2.75, 3.05) is 0 Å². The van der Waals surface area contributed by atoms with Crippen LogP contribution >= 0.6 is 0 Å². The van der Waals surface area contributed by atoms with E-state index in [0.717, 1.165) is 0 Å². The number of hydrogen-bond donors (Lipinski definition) is 3. The minimum Gasteiger partial charge on any atom is -0.409 e. The molecule has 62 valence electrons. The third-order valence-corrected chi connectivity index (χ3v) is 1.12. The third-order valence-electron chi connectivity index (χ3n) is 1.12. The van der Waals surface area contributed by atoms with Crippen molar-refractivity contribution in [3.05, 3.63) is 0 Å². The minimum absolute atomic E-state index is 0.135. The highest BCUT2D eigenvalue weighted by molar-refractivity contribution is 6.17. The first kappa shape index (κ1) is 8.23. The summed E-state index contributed by atoms with van der Waals surface area (Å²) in [6.45, 7) is 0. The second-order valence-corrected chi connectivity index (χ2v) is 1.83. The molecule has 1 aliphatic rings. The van der Waals surface area contributed by atoms with E-state index in [1.165, 1.54) is 12.4 Å². The maximum atomic E-state index is 8.45. The fraction of sp³-hybridized carbons (Fsp3) is 0.167. The maximum Gasteiger partial charge on any atom is 0.202 e. The number of amidine groups is 1. The van der Waals surface area contributed by atoms with E-state index >= 15 is 0 Å². The summed E-state index contributed by atoms with van der Waals surface area (Å²) in [4.78, 5) is 7.39. The van der Waals surface area contributed by atoms with E-state index in [-0.39, 0.29) is 5.84 Å². The molecule has 0 amide bonds. The molecule has 0 saturated heterocycles. The SMILES string of the molecule is O/N=C(/NO)C1C#CN=CC=N1. The van der Waals surface area contributed by atoms with Gasteiger partial charge in [-0.05, 0) is 5.92 Å². The Labute approximate surface area is 68.3 Å². The summed E-state index contributed by atoms with van der Waals surface area (Å²) in [5.41, 5.74) is 1.68. The lowest BCUT2D eigenvalue weighted by Gasteiger charge is -2.03. The van der Waals surface area contributed by atoms with Crippen molar-refractivity contribution >= 4 is 18.3 Å². The van der Waals surface area contributed by atoms with E-state index in [2.05, 4.69) is 27.1 Å². The Hall–Kier alpha value is -1.87. The van der Waals surface area contributed by atoms with Crippen LogP contribution in [0.5, 0.6) is 0 Å². The van der Waals surface area contributed by atoms with Gasteiger partial charge in [0.15, 0.2) is 6.04 Å². The van der Waals surface area contributed by atoms with Gasteiger partial charge in [0.05, 0.1) is 6.21 Å². The predicted molar refractivity (Wildman–Crippen MR) is 42.7 cm³/mol.